The van der Waals surface area contributed by atoms with E-state index in [2.05, 4.69) is 68.5 Å². The molecule has 0 radical (unpaired) electrons. The first kappa shape index (κ1) is 22.2. The number of likely N-dealkylation sites (tertiary alicyclic amines) is 1. The van der Waals surface area contributed by atoms with Gasteiger partial charge in [0.2, 0.25) is 0 Å². The second-order valence-corrected chi connectivity index (χ2v) is 7.97. The van der Waals surface area contributed by atoms with Gasteiger partial charge in [-0.2, -0.15) is 11.3 Å². The molecule has 27 heavy (non-hydrogen) atoms. The summed E-state index contributed by atoms with van der Waals surface area (Å²) in [6.45, 7) is 7.49. The largest absolute Gasteiger partial charge is 0.352 e. The standard InChI is InChI=1S/C21H30N4S.HI/c1-17-7-10-25(11-8-17)15-19-5-3-18(4-6-19)13-23-21(22-2)24-14-20-9-12-26-16-20;/h3-6,9,12,16-17H,7-8,10-11,13-15H2,1-2H3,(H2,22,23,24);1H. The third-order valence-corrected chi connectivity index (χ3v) is 5.76. The lowest BCUT2D eigenvalue weighted by Gasteiger charge is -2.30. The summed E-state index contributed by atoms with van der Waals surface area (Å²) in [6, 6.07) is 11.1. The van der Waals surface area contributed by atoms with Crippen molar-refractivity contribution in [2.24, 2.45) is 10.9 Å². The number of nitrogens with one attached hydrogen (secondary N) is 2. The number of thiophene rings is 1. The van der Waals surface area contributed by atoms with Crippen LogP contribution in [0.25, 0.3) is 0 Å². The summed E-state index contributed by atoms with van der Waals surface area (Å²) in [5, 5.41) is 11.0. The third kappa shape index (κ3) is 7.43. The van der Waals surface area contributed by atoms with Gasteiger partial charge in [-0.3, -0.25) is 9.89 Å². The predicted octanol–water partition coefficient (Wildman–Crippen LogP) is 4.46. The zero-order valence-electron chi connectivity index (χ0n) is 16.3. The lowest BCUT2D eigenvalue weighted by molar-refractivity contribution is 0.185. The van der Waals surface area contributed by atoms with Crippen LogP contribution in [0.15, 0.2) is 46.1 Å². The number of hydrogen-bond acceptors (Lipinski definition) is 3. The van der Waals surface area contributed by atoms with Crippen molar-refractivity contribution >= 4 is 41.3 Å². The Kier molecular flexibility index (Phi) is 9.58. The molecule has 0 spiro atoms. The molecule has 1 aliphatic heterocycles. The Morgan fingerprint density at radius 3 is 2.26 bits per heavy atom. The first-order valence-electron chi connectivity index (χ1n) is 9.48. The topological polar surface area (TPSA) is 39.7 Å². The smallest absolute Gasteiger partial charge is 0.191 e. The number of benzene rings is 1. The number of rotatable bonds is 6. The van der Waals surface area contributed by atoms with Crippen molar-refractivity contribution in [3.05, 3.63) is 57.8 Å². The molecule has 0 saturated carbocycles. The first-order chi connectivity index (χ1) is 12.7. The molecule has 0 atom stereocenters. The number of nitrogens with zero attached hydrogens (tertiary/aromatic N) is 2. The van der Waals surface area contributed by atoms with Crippen LogP contribution < -0.4 is 10.6 Å². The second kappa shape index (κ2) is 11.7. The van der Waals surface area contributed by atoms with Gasteiger partial charge in [-0.05, 0) is 65.4 Å². The molecular weight excluding hydrogens is 467 g/mol. The van der Waals surface area contributed by atoms with Gasteiger partial charge in [0.05, 0.1) is 0 Å². The number of piperidine rings is 1. The molecule has 1 saturated heterocycles. The summed E-state index contributed by atoms with van der Waals surface area (Å²) in [7, 11) is 1.81. The van der Waals surface area contributed by atoms with Crippen molar-refractivity contribution in [2.45, 2.75) is 39.4 Å². The van der Waals surface area contributed by atoms with Gasteiger partial charge >= 0.3 is 0 Å². The van der Waals surface area contributed by atoms with Crippen LogP contribution in [0.5, 0.6) is 0 Å². The van der Waals surface area contributed by atoms with E-state index >= 15 is 0 Å². The number of guanidine groups is 1. The van der Waals surface area contributed by atoms with Gasteiger partial charge in [0.25, 0.3) is 0 Å². The normalized spacial score (nSPS) is 16.0. The van der Waals surface area contributed by atoms with E-state index in [1.165, 1.54) is 42.6 Å². The maximum absolute atomic E-state index is 4.29. The molecule has 0 bridgehead atoms. The molecule has 0 amide bonds. The fourth-order valence-electron chi connectivity index (χ4n) is 3.23. The average molecular weight is 498 g/mol. The monoisotopic (exact) mass is 498 g/mol. The van der Waals surface area contributed by atoms with Crippen molar-refractivity contribution in [2.75, 3.05) is 20.1 Å². The molecule has 2 N–H and O–H groups in total. The third-order valence-electron chi connectivity index (χ3n) is 5.03. The summed E-state index contributed by atoms with van der Waals surface area (Å²) in [4.78, 5) is 6.87. The van der Waals surface area contributed by atoms with Crippen molar-refractivity contribution < 1.29 is 0 Å². The minimum absolute atomic E-state index is 0. The molecule has 2 heterocycles. The van der Waals surface area contributed by atoms with Gasteiger partial charge in [0, 0.05) is 26.7 Å². The van der Waals surface area contributed by atoms with Gasteiger partial charge < -0.3 is 10.6 Å². The Hall–Kier alpha value is -1.12. The summed E-state index contributed by atoms with van der Waals surface area (Å²) in [5.41, 5.74) is 3.97. The fourth-order valence-corrected chi connectivity index (χ4v) is 3.89. The Morgan fingerprint density at radius 2 is 1.67 bits per heavy atom. The maximum atomic E-state index is 4.29. The fraction of sp³-hybridized carbons (Fsp3) is 0.476. The predicted molar refractivity (Wildman–Crippen MR) is 127 cm³/mol. The van der Waals surface area contributed by atoms with E-state index in [9.17, 15) is 0 Å². The molecule has 1 aliphatic rings. The van der Waals surface area contributed by atoms with Gasteiger partial charge in [-0.15, -0.1) is 24.0 Å². The Bertz CT molecular complexity index is 677. The van der Waals surface area contributed by atoms with Crippen LogP contribution >= 0.6 is 35.3 Å². The lowest BCUT2D eigenvalue weighted by Crippen LogP contribution is -2.36. The molecule has 1 aromatic heterocycles. The minimum atomic E-state index is 0. The van der Waals surface area contributed by atoms with E-state index in [1.807, 2.05) is 7.05 Å². The van der Waals surface area contributed by atoms with Crippen LogP contribution in [-0.4, -0.2) is 31.0 Å². The van der Waals surface area contributed by atoms with Crippen LogP contribution in [0.1, 0.15) is 36.5 Å². The highest BCUT2D eigenvalue weighted by molar-refractivity contribution is 14.0. The van der Waals surface area contributed by atoms with Crippen LogP contribution in [-0.2, 0) is 19.6 Å². The molecule has 148 valence electrons. The lowest BCUT2D eigenvalue weighted by atomic mass is 9.99. The second-order valence-electron chi connectivity index (χ2n) is 7.19. The Morgan fingerprint density at radius 1 is 1.04 bits per heavy atom. The summed E-state index contributed by atoms with van der Waals surface area (Å²) < 4.78 is 0. The summed E-state index contributed by atoms with van der Waals surface area (Å²) in [5.74, 6) is 1.73. The van der Waals surface area contributed by atoms with E-state index < -0.39 is 0 Å². The SMILES string of the molecule is CN=C(NCc1ccc(CN2CCC(C)CC2)cc1)NCc1ccsc1.I. The molecule has 2 aromatic rings. The van der Waals surface area contributed by atoms with Crippen molar-refractivity contribution in [3.8, 4) is 0 Å². The van der Waals surface area contributed by atoms with E-state index in [0.29, 0.717) is 0 Å². The quantitative estimate of drug-likeness (QED) is 0.351. The zero-order valence-corrected chi connectivity index (χ0v) is 19.4. The van der Waals surface area contributed by atoms with Crippen molar-refractivity contribution in [1.82, 2.24) is 15.5 Å². The first-order valence-corrected chi connectivity index (χ1v) is 10.4. The molecule has 0 unspecified atom stereocenters. The Balaban J connectivity index is 0.00000261. The van der Waals surface area contributed by atoms with Crippen molar-refractivity contribution in [3.63, 3.8) is 0 Å². The summed E-state index contributed by atoms with van der Waals surface area (Å²) in [6.07, 6.45) is 2.67. The van der Waals surface area contributed by atoms with E-state index in [4.69, 9.17) is 0 Å². The van der Waals surface area contributed by atoms with E-state index in [0.717, 1.165) is 31.5 Å². The minimum Gasteiger partial charge on any atom is -0.352 e. The van der Waals surface area contributed by atoms with Gasteiger partial charge in [-0.25, -0.2) is 0 Å². The average Bonchev–Trinajstić information content (AvgIpc) is 3.18. The number of hydrogen-bond donors (Lipinski definition) is 2. The molecule has 0 aliphatic carbocycles. The van der Waals surface area contributed by atoms with E-state index in [1.54, 1.807) is 11.3 Å². The van der Waals surface area contributed by atoms with Crippen LogP contribution in [0.3, 0.4) is 0 Å². The number of aliphatic imine (C=N–C) groups is 1. The van der Waals surface area contributed by atoms with Gasteiger partial charge in [0.1, 0.15) is 0 Å². The highest BCUT2D eigenvalue weighted by Gasteiger charge is 2.15. The van der Waals surface area contributed by atoms with Crippen LogP contribution in [0, 0.1) is 5.92 Å². The van der Waals surface area contributed by atoms with Crippen LogP contribution in [0.4, 0.5) is 0 Å². The molecule has 4 nitrogen and oxygen atoms in total. The maximum Gasteiger partial charge on any atom is 0.191 e. The van der Waals surface area contributed by atoms with Crippen molar-refractivity contribution in [1.29, 1.82) is 0 Å². The molecular formula is C21H31IN4S. The highest BCUT2D eigenvalue weighted by atomic mass is 127. The molecule has 3 rings (SSSR count). The number of halogens is 1. The molecule has 1 fully saturated rings. The zero-order chi connectivity index (χ0) is 18.2. The van der Waals surface area contributed by atoms with Crippen LogP contribution in [0.2, 0.25) is 0 Å². The van der Waals surface area contributed by atoms with E-state index in [-0.39, 0.29) is 24.0 Å². The van der Waals surface area contributed by atoms with Gasteiger partial charge in [0.15, 0.2) is 5.96 Å². The highest BCUT2D eigenvalue weighted by Crippen LogP contribution is 2.18. The van der Waals surface area contributed by atoms with Gasteiger partial charge in [-0.1, -0.05) is 31.2 Å². The molecule has 6 heteroatoms. The summed E-state index contributed by atoms with van der Waals surface area (Å²) >= 11 is 1.72. The Labute approximate surface area is 184 Å². The molecule has 1 aromatic carbocycles.